The Balaban J connectivity index is 2.30. The number of fused-ring (bicyclic) bond motifs is 1. The van der Waals surface area contributed by atoms with Crippen molar-refractivity contribution in [2.24, 2.45) is 0 Å². The predicted molar refractivity (Wildman–Crippen MR) is 57.5 cm³/mol. The molecule has 1 aromatic carbocycles. The van der Waals surface area contributed by atoms with Crippen LogP contribution in [0.15, 0.2) is 12.1 Å². The molecule has 0 saturated carbocycles. The van der Waals surface area contributed by atoms with Crippen LogP contribution in [0.3, 0.4) is 0 Å². The Kier molecular flexibility index (Phi) is 2.97. The second-order valence-corrected chi connectivity index (χ2v) is 3.57. The zero-order valence-electron chi connectivity index (χ0n) is 8.49. The fraction of sp³-hybridized carbons (Fsp3) is 0.455. The average molecular weight is 209 g/mol. The van der Waals surface area contributed by atoms with E-state index in [0.29, 0.717) is 13.2 Å². The third-order valence-electron chi connectivity index (χ3n) is 2.45. The number of ether oxygens (including phenoxy) is 1. The van der Waals surface area contributed by atoms with E-state index in [4.69, 9.17) is 9.84 Å². The number of nitrogens with one attached hydrogen (secondary N) is 1. The van der Waals surface area contributed by atoms with Gasteiger partial charge < -0.3 is 20.3 Å². The summed E-state index contributed by atoms with van der Waals surface area (Å²) in [4.78, 5) is 0. The van der Waals surface area contributed by atoms with Gasteiger partial charge in [0.15, 0.2) is 0 Å². The SMILES string of the molecule is OCCNc1cc(O)cc2c1CCCO2. The van der Waals surface area contributed by atoms with E-state index >= 15 is 0 Å². The first-order chi connectivity index (χ1) is 7.31. The van der Waals surface area contributed by atoms with E-state index in [1.54, 1.807) is 12.1 Å². The Morgan fingerprint density at radius 3 is 3.07 bits per heavy atom. The van der Waals surface area contributed by atoms with Crippen LogP contribution in [0.1, 0.15) is 12.0 Å². The highest BCUT2D eigenvalue weighted by Crippen LogP contribution is 2.35. The number of anilines is 1. The minimum atomic E-state index is 0.0747. The molecule has 0 aromatic heterocycles. The molecule has 1 aromatic rings. The third kappa shape index (κ3) is 2.15. The number of hydrogen-bond donors (Lipinski definition) is 3. The van der Waals surface area contributed by atoms with E-state index in [-0.39, 0.29) is 12.4 Å². The second kappa shape index (κ2) is 4.40. The van der Waals surface area contributed by atoms with Crippen molar-refractivity contribution < 1.29 is 14.9 Å². The molecule has 0 spiro atoms. The number of benzene rings is 1. The maximum absolute atomic E-state index is 9.49. The molecule has 0 unspecified atom stereocenters. The summed E-state index contributed by atoms with van der Waals surface area (Å²) >= 11 is 0. The summed E-state index contributed by atoms with van der Waals surface area (Å²) < 4.78 is 5.46. The van der Waals surface area contributed by atoms with Gasteiger partial charge in [0.05, 0.1) is 13.2 Å². The van der Waals surface area contributed by atoms with E-state index in [0.717, 1.165) is 29.8 Å². The highest BCUT2D eigenvalue weighted by Gasteiger charge is 2.15. The van der Waals surface area contributed by atoms with Gasteiger partial charge in [-0.2, -0.15) is 0 Å². The summed E-state index contributed by atoms with van der Waals surface area (Å²) in [6.45, 7) is 1.26. The van der Waals surface area contributed by atoms with Gasteiger partial charge in [0.1, 0.15) is 11.5 Å². The summed E-state index contributed by atoms with van der Waals surface area (Å²) in [7, 11) is 0. The number of aliphatic hydroxyl groups excluding tert-OH is 1. The summed E-state index contributed by atoms with van der Waals surface area (Å²) in [5.74, 6) is 0.942. The zero-order valence-corrected chi connectivity index (χ0v) is 8.49. The molecule has 0 bridgehead atoms. The molecule has 4 nitrogen and oxygen atoms in total. The first kappa shape index (κ1) is 10.1. The van der Waals surface area contributed by atoms with E-state index in [1.807, 2.05) is 0 Å². The van der Waals surface area contributed by atoms with Gasteiger partial charge in [-0.1, -0.05) is 0 Å². The Morgan fingerprint density at radius 1 is 1.40 bits per heavy atom. The maximum Gasteiger partial charge on any atom is 0.128 e. The molecule has 0 fully saturated rings. The van der Waals surface area contributed by atoms with Gasteiger partial charge in [-0.3, -0.25) is 0 Å². The molecule has 2 rings (SSSR count). The van der Waals surface area contributed by atoms with Crippen LogP contribution in [0, 0.1) is 0 Å². The predicted octanol–water partition coefficient (Wildman–Crippen LogP) is 1.12. The van der Waals surface area contributed by atoms with Crippen molar-refractivity contribution in [3.05, 3.63) is 17.7 Å². The van der Waals surface area contributed by atoms with Crippen molar-refractivity contribution in [3.63, 3.8) is 0 Å². The molecule has 0 amide bonds. The van der Waals surface area contributed by atoms with Gasteiger partial charge in [-0.05, 0) is 12.8 Å². The standard InChI is InChI=1S/C11H15NO3/c13-4-3-12-10-6-8(14)7-11-9(10)2-1-5-15-11/h6-7,12-14H,1-5H2. The monoisotopic (exact) mass is 209 g/mol. The number of aliphatic hydroxyl groups is 1. The number of rotatable bonds is 3. The largest absolute Gasteiger partial charge is 0.508 e. The van der Waals surface area contributed by atoms with Crippen LogP contribution in [0.5, 0.6) is 11.5 Å². The third-order valence-corrected chi connectivity index (χ3v) is 2.45. The lowest BCUT2D eigenvalue weighted by molar-refractivity contribution is 0.286. The Morgan fingerprint density at radius 2 is 2.27 bits per heavy atom. The van der Waals surface area contributed by atoms with E-state index in [1.165, 1.54) is 0 Å². The average Bonchev–Trinajstić information content (AvgIpc) is 2.25. The first-order valence-corrected chi connectivity index (χ1v) is 5.14. The van der Waals surface area contributed by atoms with E-state index < -0.39 is 0 Å². The Bertz CT molecular complexity index is 352. The number of phenols is 1. The summed E-state index contributed by atoms with van der Waals surface area (Å²) in [6, 6.07) is 3.31. The lowest BCUT2D eigenvalue weighted by atomic mass is 10.0. The molecule has 4 heteroatoms. The highest BCUT2D eigenvalue weighted by molar-refractivity contribution is 5.61. The molecule has 0 saturated heterocycles. The molecule has 82 valence electrons. The minimum Gasteiger partial charge on any atom is -0.508 e. The van der Waals surface area contributed by atoms with E-state index in [9.17, 15) is 5.11 Å². The van der Waals surface area contributed by atoms with Crippen LogP contribution in [-0.4, -0.2) is 30.0 Å². The van der Waals surface area contributed by atoms with Gasteiger partial charge in [-0.25, -0.2) is 0 Å². The van der Waals surface area contributed by atoms with Crippen molar-refractivity contribution in [2.75, 3.05) is 25.1 Å². The number of phenolic OH excluding ortho intramolecular Hbond substituents is 1. The summed E-state index contributed by atoms with van der Waals surface area (Å²) in [6.07, 6.45) is 1.94. The lowest BCUT2D eigenvalue weighted by Gasteiger charge is -2.21. The second-order valence-electron chi connectivity index (χ2n) is 3.57. The zero-order chi connectivity index (χ0) is 10.7. The Labute approximate surface area is 88.5 Å². The van der Waals surface area contributed by atoms with E-state index in [2.05, 4.69) is 5.32 Å². The highest BCUT2D eigenvalue weighted by atomic mass is 16.5. The molecule has 0 radical (unpaired) electrons. The smallest absolute Gasteiger partial charge is 0.128 e. The number of hydrogen-bond acceptors (Lipinski definition) is 4. The normalized spacial score (nSPS) is 14.2. The molecule has 15 heavy (non-hydrogen) atoms. The molecule has 1 heterocycles. The molecule has 1 aliphatic rings. The fourth-order valence-electron chi connectivity index (χ4n) is 1.80. The molecule has 0 aliphatic carbocycles. The number of aromatic hydroxyl groups is 1. The van der Waals surface area contributed by atoms with Crippen LogP contribution in [0.4, 0.5) is 5.69 Å². The first-order valence-electron chi connectivity index (χ1n) is 5.14. The summed E-state index contributed by atoms with van der Waals surface area (Å²) in [5.41, 5.74) is 1.95. The van der Waals surface area contributed by atoms with Gasteiger partial charge >= 0.3 is 0 Å². The van der Waals surface area contributed by atoms with Crippen molar-refractivity contribution in [1.29, 1.82) is 0 Å². The van der Waals surface area contributed by atoms with Crippen LogP contribution < -0.4 is 10.1 Å². The van der Waals surface area contributed by atoms with Crippen molar-refractivity contribution in [1.82, 2.24) is 0 Å². The van der Waals surface area contributed by atoms with Crippen LogP contribution >= 0.6 is 0 Å². The lowest BCUT2D eigenvalue weighted by Crippen LogP contribution is -2.13. The molecule has 3 N–H and O–H groups in total. The van der Waals surface area contributed by atoms with Crippen LogP contribution in [-0.2, 0) is 6.42 Å². The maximum atomic E-state index is 9.49. The van der Waals surface area contributed by atoms with Gasteiger partial charge in [0.25, 0.3) is 0 Å². The van der Waals surface area contributed by atoms with Crippen LogP contribution in [0.2, 0.25) is 0 Å². The van der Waals surface area contributed by atoms with Crippen LogP contribution in [0.25, 0.3) is 0 Å². The van der Waals surface area contributed by atoms with Gasteiger partial charge in [0, 0.05) is 29.9 Å². The summed E-state index contributed by atoms with van der Waals surface area (Å²) in [5, 5.41) is 21.3. The molecular weight excluding hydrogens is 194 g/mol. The van der Waals surface area contributed by atoms with Crippen molar-refractivity contribution in [2.45, 2.75) is 12.8 Å². The van der Waals surface area contributed by atoms with Crippen molar-refractivity contribution >= 4 is 5.69 Å². The molecule has 0 atom stereocenters. The fourth-order valence-corrected chi connectivity index (χ4v) is 1.80. The Hall–Kier alpha value is -1.42. The molecule has 1 aliphatic heterocycles. The molecular formula is C11H15NO3. The van der Waals surface area contributed by atoms with Gasteiger partial charge in [-0.15, -0.1) is 0 Å². The minimum absolute atomic E-state index is 0.0747. The van der Waals surface area contributed by atoms with Crippen molar-refractivity contribution in [3.8, 4) is 11.5 Å². The van der Waals surface area contributed by atoms with Gasteiger partial charge in [0.2, 0.25) is 0 Å². The quantitative estimate of drug-likeness (QED) is 0.698. The topological polar surface area (TPSA) is 61.7 Å².